The number of rotatable bonds is 6. The molecule has 176 valence electrons. The summed E-state index contributed by atoms with van der Waals surface area (Å²) >= 11 is 6.11. The van der Waals surface area contributed by atoms with Crippen LogP contribution in [-0.2, 0) is 16.2 Å². The maximum Gasteiger partial charge on any atom is 0.335 e. The van der Waals surface area contributed by atoms with Crippen LogP contribution >= 0.6 is 11.6 Å². The molecule has 0 aromatic heterocycles. The first-order valence-corrected chi connectivity index (χ1v) is 10.5. The molecule has 1 aliphatic heterocycles. The number of amides is 4. The van der Waals surface area contributed by atoms with Gasteiger partial charge >= 0.3 is 12.0 Å². The molecule has 1 fully saturated rings. The fourth-order valence-electron chi connectivity index (χ4n) is 3.31. The van der Waals surface area contributed by atoms with Gasteiger partial charge in [0.1, 0.15) is 23.7 Å². The molecule has 8 nitrogen and oxygen atoms in total. The smallest absolute Gasteiger partial charge is 0.335 e. The number of hydrogen-bond acceptors (Lipinski definition) is 5. The Labute approximate surface area is 203 Å². The van der Waals surface area contributed by atoms with E-state index in [-0.39, 0.29) is 29.2 Å². The number of urea groups is 1. The molecule has 35 heavy (non-hydrogen) atoms. The second kappa shape index (κ2) is 9.78. The van der Waals surface area contributed by atoms with E-state index in [2.05, 4.69) is 5.32 Å². The zero-order valence-electron chi connectivity index (χ0n) is 17.8. The third-order valence-corrected chi connectivity index (χ3v) is 5.29. The molecular formula is C25H16ClFN2O6. The molecule has 1 saturated heterocycles. The predicted molar refractivity (Wildman–Crippen MR) is 125 cm³/mol. The lowest BCUT2D eigenvalue weighted by molar-refractivity contribution is -0.122. The summed E-state index contributed by atoms with van der Waals surface area (Å²) in [7, 11) is 0. The first-order chi connectivity index (χ1) is 16.7. The number of carboxylic acids is 1. The summed E-state index contributed by atoms with van der Waals surface area (Å²) in [5.74, 6) is -3.09. The van der Waals surface area contributed by atoms with E-state index in [1.54, 1.807) is 24.3 Å². The highest BCUT2D eigenvalue weighted by atomic mass is 35.5. The molecule has 2 N–H and O–H groups in total. The van der Waals surface area contributed by atoms with Crippen molar-refractivity contribution in [3.63, 3.8) is 0 Å². The summed E-state index contributed by atoms with van der Waals surface area (Å²) < 4.78 is 18.9. The zero-order chi connectivity index (χ0) is 25.1. The van der Waals surface area contributed by atoms with Crippen LogP contribution in [0, 0.1) is 5.82 Å². The molecule has 1 aliphatic rings. The van der Waals surface area contributed by atoms with Crippen molar-refractivity contribution in [2.75, 3.05) is 4.90 Å². The molecule has 0 aliphatic carbocycles. The van der Waals surface area contributed by atoms with E-state index in [1.165, 1.54) is 48.5 Å². The molecule has 3 aromatic rings. The Kier molecular flexibility index (Phi) is 6.61. The number of carbonyl (C=O) groups excluding carboxylic acids is 3. The first kappa shape index (κ1) is 23.7. The molecular weight excluding hydrogens is 479 g/mol. The van der Waals surface area contributed by atoms with Gasteiger partial charge < -0.3 is 9.84 Å². The molecule has 3 aromatic carbocycles. The molecule has 0 spiro atoms. The van der Waals surface area contributed by atoms with Crippen molar-refractivity contribution in [3.8, 4) is 5.75 Å². The summed E-state index contributed by atoms with van der Waals surface area (Å²) in [6.45, 7) is 0.0821. The number of ether oxygens (including phenoxy) is 1. The third-order valence-electron chi connectivity index (χ3n) is 5.05. The van der Waals surface area contributed by atoms with Crippen LogP contribution in [0.5, 0.6) is 5.75 Å². The number of hydrogen-bond donors (Lipinski definition) is 2. The van der Waals surface area contributed by atoms with E-state index in [0.29, 0.717) is 21.9 Å². The molecule has 4 amide bonds. The predicted octanol–water partition coefficient (Wildman–Crippen LogP) is 4.42. The van der Waals surface area contributed by atoms with Crippen LogP contribution in [0.3, 0.4) is 0 Å². The molecule has 1 heterocycles. The molecule has 0 saturated carbocycles. The summed E-state index contributed by atoms with van der Waals surface area (Å²) in [6.07, 6.45) is 1.24. The Bertz CT molecular complexity index is 1370. The SMILES string of the molecule is O=C1NC(=O)N(c2ccc(C(=O)O)cc2)C(=O)/C1=C/c1cc(Cl)ccc1OCc1ccc(F)cc1. The van der Waals surface area contributed by atoms with Crippen molar-refractivity contribution in [3.05, 3.63) is 99.8 Å². The number of imide groups is 2. The van der Waals surface area contributed by atoms with Crippen LogP contribution in [-0.4, -0.2) is 28.9 Å². The highest BCUT2D eigenvalue weighted by molar-refractivity contribution is 6.39. The summed E-state index contributed by atoms with van der Waals surface area (Å²) in [6, 6.07) is 14.4. The van der Waals surface area contributed by atoms with Crippen molar-refractivity contribution in [2.45, 2.75) is 6.61 Å². The zero-order valence-corrected chi connectivity index (χ0v) is 18.6. The van der Waals surface area contributed by atoms with Gasteiger partial charge in [0, 0.05) is 10.6 Å². The van der Waals surface area contributed by atoms with Crippen molar-refractivity contribution in [1.82, 2.24) is 5.32 Å². The van der Waals surface area contributed by atoms with E-state index in [4.69, 9.17) is 21.4 Å². The van der Waals surface area contributed by atoms with Crippen LogP contribution in [0.4, 0.5) is 14.9 Å². The molecule has 0 bridgehead atoms. The van der Waals surface area contributed by atoms with Crippen molar-refractivity contribution in [1.29, 1.82) is 0 Å². The maximum absolute atomic E-state index is 13.1. The van der Waals surface area contributed by atoms with Gasteiger partial charge in [-0.05, 0) is 66.2 Å². The fraction of sp³-hybridized carbons (Fsp3) is 0.0400. The Morgan fingerprint density at radius 2 is 1.71 bits per heavy atom. The van der Waals surface area contributed by atoms with Crippen molar-refractivity contribution < 1.29 is 33.4 Å². The Hall–Kier alpha value is -4.50. The van der Waals surface area contributed by atoms with Gasteiger partial charge in [0.25, 0.3) is 11.8 Å². The minimum absolute atomic E-state index is 0.0349. The minimum Gasteiger partial charge on any atom is -0.488 e. The molecule has 0 radical (unpaired) electrons. The van der Waals surface area contributed by atoms with E-state index >= 15 is 0 Å². The first-order valence-electron chi connectivity index (χ1n) is 10.1. The second-order valence-corrected chi connectivity index (χ2v) is 7.84. The van der Waals surface area contributed by atoms with E-state index < -0.39 is 23.8 Å². The van der Waals surface area contributed by atoms with Gasteiger partial charge in [-0.2, -0.15) is 0 Å². The number of aromatic carboxylic acids is 1. The number of barbiturate groups is 1. The monoisotopic (exact) mass is 494 g/mol. The Balaban J connectivity index is 1.65. The topological polar surface area (TPSA) is 113 Å². The van der Waals surface area contributed by atoms with Crippen molar-refractivity contribution in [2.24, 2.45) is 0 Å². The Morgan fingerprint density at radius 1 is 1.03 bits per heavy atom. The van der Waals surface area contributed by atoms with Crippen molar-refractivity contribution >= 4 is 47.2 Å². The number of nitrogens with zero attached hydrogens (tertiary/aromatic N) is 1. The van der Waals surface area contributed by atoms with Gasteiger partial charge in [-0.3, -0.25) is 14.9 Å². The minimum atomic E-state index is -1.17. The third kappa shape index (κ3) is 5.20. The maximum atomic E-state index is 13.1. The lowest BCUT2D eigenvalue weighted by Crippen LogP contribution is -2.54. The number of carboxylic acid groups (broad SMARTS) is 1. The van der Waals surface area contributed by atoms with Crippen LogP contribution < -0.4 is 15.0 Å². The van der Waals surface area contributed by atoms with Gasteiger partial charge in [0.2, 0.25) is 0 Å². The molecule has 0 unspecified atom stereocenters. The standard InChI is InChI=1S/C25H16ClFN2O6/c26-17-5-10-21(35-13-14-1-6-18(27)7-2-14)16(11-17)12-20-22(30)28-25(34)29(23(20)31)19-8-3-15(4-9-19)24(32)33/h1-12H,13H2,(H,32,33)(H,28,30,34)/b20-12+. The van der Waals surface area contributed by atoms with Gasteiger partial charge in [0.15, 0.2) is 0 Å². The fourth-order valence-corrected chi connectivity index (χ4v) is 3.49. The van der Waals surface area contributed by atoms with Gasteiger partial charge in [-0.25, -0.2) is 18.9 Å². The molecule has 4 rings (SSSR count). The number of halogens is 2. The van der Waals surface area contributed by atoms with Crippen LogP contribution in [0.1, 0.15) is 21.5 Å². The average molecular weight is 495 g/mol. The highest BCUT2D eigenvalue weighted by Gasteiger charge is 2.37. The lowest BCUT2D eigenvalue weighted by atomic mass is 10.1. The number of carbonyl (C=O) groups is 4. The number of benzene rings is 3. The largest absolute Gasteiger partial charge is 0.488 e. The number of anilines is 1. The summed E-state index contributed by atoms with van der Waals surface area (Å²) in [5, 5.41) is 11.5. The number of nitrogens with one attached hydrogen (secondary N) is 1. The average Bonchev–Trinajstić information content (AvgIpc) is 2.82. The van der Waals surface area contributed by atoms with Gasteiger partial charge in [-0.1, -0.05) is 23.7 Å². The Morgan fingerprint density at radius 3 is 2.37 bits per heavy atom. The highest BCUT2D eigenvalue weighted by Crippen LogP contribution is 2.28. The van der Waals surface area contributed by atoms with E-state index in [0.717, 1.165) is 4.90 Å². The van der Waals surface area contributed by atoms with Crippen LogP contribution in [0.2, 0.25) is 5.02 Å². The normalized spacial score (nSPS) is 14.7. The van der Waals surface area contributed by atoms with Gasteiger partial charge in [0.05, 0.1) is 11.3 Å². The molecule has 10 heteroatoms. The lowest BCUT2D eigenvalue weighted by Gasteiger charge is -2.26. The van der Waals surface area contributed by atoms with Crippen LogP contribution in [0.25, 0.3) is 6.08 Å². The van der Waals surface area contributed by atoms with Gasteiger partial charge in [-0.15, -0.1) is 0 Å². The second-order valence-electron chi connectivity index (χ2n) is 7.41. The van der Waals surface area contributed by atoms with E-state index in [1.807, 2.05) is 0 Å². The van der Waals surface area contributed by atoms with E-state index in [9.17, 15) is 23.6 Å². The summed E-state index contributed by atoms with van der Waals surface area (Å²) in [4.78, 5) is 49.8. The summed E-state index contributed by atoms with van der Waals surface area (Å²) in [5.41, 5.74) is 0.671. The quantitative estimate of drug-likeness (QED) is 0.387. The molecule has 0 atom stereocenters. The van der Waals surface area contributed by atoms with Crippen LogP contribution in [0.15, 0.2) is 72.3 Å².